The van der Waals surface area contributed by atoms with Crippen LogP contribution in [0.5, 0.6) is 5.75 Å². The Balaban J connectivity index is 2.84. The van der Waals surface area contributed by atoms with Gasteiger partial charge in [0.1, 0.15) is 36.3 Å². The lowest BCUT2D eigenvalue weighted by Gasteiger charge is -2.07. The number of anilines is 1. The van der Waals surface area contributed by atoms with Crippen molar-refractivity contribution in [2.75, 3.05) is 18.5 Å². The van der Waals surface area contributed by atoms with Crippen LogP contribution in [0.25, 0.3) is 0 Å². The highest BCUT2D eigenvalue weighted by Gasteiger charge is 2.05. The molecule has 1 aromatic carbocycles. The fourth-order valence-corrected chi connectivity index (χ4v) is 1.23. The molecule has 0 aliphatic heterocycles. The second-order valence-electron chi connectivity index (χ2n) is 3.31. The summed E-state index contributed by atoms with van der Waals surface area (Å²) in [5.41, 5.74) is 0.174. The summed E-state index contributed by atoms with van der Waals surface area (Å²) in [6.45, 7) is 0.123. The lowest BCUT2D eigenvalue weighted by atomic mass is 10.2. The van der Waals surface area contributed by atoms with Crippen LogP contribution < -0.4 is 10.1 Å². The Kier molecular flexibility index (Phi) is 5.43. The molecule has 6 nitrogen and oxygen atoms in total. The number of rotatable bonds is 5. The van der Waals surface area contributed by atoms with Gasteiger partial charge >= 0.3 is 0 Å². The van der Waals surface area contributed by atoms with E-state index < -0.39 is 0 Å². The zero-order valence-corrected chi connectivity index (χ0v) is 9.92. The minimum atomic E-state index is -0.275. The number of nitriles is 3. The lowest BCUT2D eigenvalue weighted by molar-refractivity contribution is 0.201. The number of benzene rings is 1. The molecule has 0 aliphatic carbocycles. The summed E-state index contributed by atoms with van der Waals surface area (Å²) in [5.74, 6) is 0.572. The molecule has 94 valence electrons. The topological polar surface area (TPSA) is 113 Å². The zero-order chi connectivity index (χ0) is 14.1. The third kappa shape index (κ3) is 4.05. The van der Waals surface area contributed by atoms with Crippen molar-refractivity contribution in [1.82, 2.24) is 0 Å². The molecule has 0 bridgehead atoms. The van der Waals surface area contributed by atoms with Crippen molar-refractivity contribution in [3.63, 3.8) is 0 Å². The number of ether oxygens (including phenoxy) is 1. The van der Waals surface area contributed by atoms with Gasteiger partial charge in [-0.05, 0) is 24.3 Å². The van der Waals surface area contributed by atoms with E-state index in [1.54, 1.807) is 42.5 Å². The molecule has 2 N–H and O–H groups in total. The summed E-state index contributed by atoms with van der Waals surface area (Å²) in [7, 11) is 0. The van der Waals surface area contributed by atoms with Gasteiger partial charge in [-0.15, -0.1) is 0 Å². The van der Waals surface area contributed by atoms with Crippen LogP contribution in [-0.2, 0) is 0 Å². The van der Waals surface area contributed by atoms with Crippen molar-refractivity contribution in [2.45, 2.75) is 0 Å². The molecule has 0 fully saturated rings. The van der Waals surface area contributed by atoms with Crippen LogP contribution in [0.1, 0.15) is 0 Å². The quantitative estimate of drug-likeness (QED) is 0.765. The molecular formula is C13H10N4O2. The first-order valence-electron chi connectivity index (χ1n) is 5.30. The molecule has 0 atom stereocenters. The number of hydrogen-bond donors (Lipinski definition) is 2. The first-order chi connectivity index (χ1) is 9.24. The van der Waals surface area contributed by atoms with Gasteiger partial charge in [0.2, 0.25) is 0 Å². The number of nitrogens with zero attached hydrogens (tertiary/aromatic N) is 3. The predicted octanol–water partition coefficient (Wildman–Crippen LogP) is 1.29. The number of aliphatic hydroxyl groups is 1. The Bertz CT molecular complexity index is 569. The van der Waals surface area contributed by atoms with Gasteiger partial charge in [-0.25, -0.2) is 0 Å². The van der Waals surface area contributed by atoms with Crippen LogP contribution in [0.15, 0.2) is 35.5 Å². The Hall–Kier alpha value is -3.01. The summed E-state index contributed by atoms with van der Waals surface area (Å²) < 4.78 is 5.17. The van der Waals surface area contributed by atoms with Gasteiger partial charge in [-0.1, -0.05) is 0 Å². The molecule has 0 heterocycles. The molecule has 0 saturated heterocycles. The second kappa shape index (κ2) is 7.34. The summed E-state index contributed by atoms with van der Waals surface area (Å²) in [4.78, 5) is 0. The van der Waals surface area contributed by atoms with Crippen molar-refractivity contribution in [2.24, 2.45) is 0 Å². The zero-order valence-electron chi connectivity index (χ0n) is 9.92. The number of aliphatic hydroxyl groups excluding tert-OH is 1. The molecule has 0 amide bonds. The molecule has 0 aliphatic rings. The summed E-state index contributed by atoms with van der Waals surface area (Å²) in [6.07, 6.45) is 0. The van der Waals surface area contributed by atoms with Crippen molar-refractivity contribution in [3.8, 4) is 24.0 Å². The number of allylic oxidation sites excluding steroid dienone is 2. The van der Waals surface area contributed by atoms with Crippen LogP contribution in [0.4, 0.5) is 5.69 Å². The van der Waals surface area contributed by atoms with Crippen LogP contribution >= 0.6 is 0 Å². The molecule has 6 heteroatoms. The van der Waals surface area contributed by atoms with Gasteiger partial charge in [0.25, 0.3) is 0 Å². The minimum Gasteiger partial charge on any atom is -0.491 e. The maximum absolute atomic E-state index is 8.87. The third-order valence-corrected chi connectivity index (χ3v) is 2.07. The molecule has 0 radical (unpaired) electrons. The first-order valence-corrected chi connectivity index (χ1v) is 5.30. The Morgan fingerprint density at radius 1 is 1.11 bits per heavy atom. The molecule has 19 heavy (non-hydrogen) atoms. The lowest BCUT2D eigenvalue weighted by Crippen LogP contribution is -2.02. The monoisotopic (exact) mass is 254 g/mol. The van der Waals surface area contributed by atoms with Crippen molar-refractivity contribution in [3.05, 3.63) is 35.5 Å². The van der Waals surface area contributed by atoms with E-state index in [0.717, 1.165) is 0 Å². The van der Waals surface area contributed by atoms with Gasteiger partial charge in [0.15, 0.2) is 5.57 Å². The average Bonchev–Trinajstić information content (AvgIpc) is 2.46. The van der Waals surface area contributed by atoms with Gasteiger partial charge in [0, 0.05) is 5.69 Å². The fourth-order valence-electron chi connectivity index (χ4n) is 1.23. The smallest absolute Gasteiger partial charge is 0.163 e. The standard InChI is InChI=1S/C13H10N4O2/c14-7-10(8-15)13(9-16)17-11-1-3-12(4-2-11)19-6-5-18/h1-4,17-18H,5-6H2. The Morgan fingerprint density at radius 3 is 2.21 bits per heavy atom. The minimum absolute atomic E-state index is 0.0744. The number of hydrogen-bond acceptors (Lipinski definition) is 6. The molecule has 0 unspecified atom stereocenters. The van der Waals surface area contributed by atoms with Crippen LogP contribution in [0.2, 0.25) is 0 Å². The largest absolute Gasteiger partial charge is 0.491 e. The maximum Gasteiger partial charge on any atom is 0.163 e. The summed E-state index contributed by atoms with van der Waals surface area (Å²) >= 11 is 0. The van der Waals surface area contributed by atoms with Gasteiger partial charge in [-0.3, -0.25) is 0 Å². The summed E-state index contributed by atoms with van der Waals surface area (Å²) in [6, 6.07) is 11.6. The molecule has 0 saturated carbocycles. The van der Waals surface area contributed by atoms with Crippen LogP contribution in [0.3, 0.4) is 0 Å². The fraction of sp³-hybridized carbons (Fsp3) is 0.154. The van der Waals surface area contributed by atoms with E-state index in [2.05, 4.69) is 5.32 Å². The van der Waals surface area contributed by atoms with E-state index in [-0.39, 0.29) is 24.5 Å². The second-order valence-corrected chi connectivity index (χ2v) is 3.31. The molecule has 0 aromatic heterocycles. The first kappa shape index (κ1) is 14.1. The molecule has 0 spiro atoms. The number of nitrogens with one attached hydrogen (secondary N) is 1. The highest BCUT2D eigenvalue weighted by atomic mass is 16.5. The van der Waals surface area contributed by atoms with Crippen LogP contribution in [0, 0.1) is 34.0 Å². The third-order valence-electron chi connectivity index (χ3n) is 2.07. The van der Waals surface area contributed by atoms with E-state index in [1.807, 2.05) is 0 Å². The van der Waals surface area contributed by atoms with E-state index in [1.165, 1.54) is 0 Å². The average molecular weight is 254 g/mol. The SMILES string of the molecule is N#CC(C#N)=C(C#N)Nc1ccc(OCCO)cc1. The van der Waals surface area contributed by atoms with E-state index in [0.29, 0.717) is 11.4 Å². The molecule has 1 rings (SSSR count). The Morgan fingerprint density at radius 2 is 1.74 bits per heavy atom. The Labute approximate surface area is 110 Å². The highest BCUT2D eigenvalue weighted by molar-refractivity contribution is 5.58. The molecule has 1 aromatic rings. The van der Waals surface area contributed by atoms with Gasteiger partial charge in [-0.2, -0.15) is 15.8 Å². The van der Waals surface area contributed by atoms with E-state index >= 15 is 0 Å². The normalized spacial score (nSPS) is 8.53. The van der Waals surface area contributed by atoms with Crippen LogP contribution in [-0.4, -0.2) is 18.3 Å². The maximum atomic E-state index is 8.87. The van der Waals surface area contributed by atoms with E-state index in [9.17, 15) is 0 Å². The van der Waals surface area contributed by atoms with Crippen molar-refractivity contribution < 1.29 is 9.84 Å². The predicted molar refractivity (Wildman–Crippen MR) is 66.5 cm³/mol. The van der Waals surface area contributed by atoms with Gasteiger partial charge < -0.3 is 15.2 Å². The summed E-state index contributed by atoms with van der Waals surface area (Å²) in [5, 5.41) is 37.5. The van der Waals surface area contributed by atoms with Crippen molar-refractivity contribution in [1.29, 1.82) is 15.8 Å². The van der Waals surface area contributed by atoms with Crippen molar-refractivity contribution >= 4 is 5.69 Å². The van der Waals surface area contributed by atoms with Gasteiger partial charge in [0.05, 0.1) is 6.61 Å². The van der Waals surface area contributed by atoms with E-state index in [4.69, 9.17) is 25.6 Å². The highest BCUT2D eigenvalue weighted by Crippen LogP contribution is 2.17. The molecular weight excluding hydrogens is 244 g/mol.